The molecule has 3 N–H and O–H groups in total. The number of phenolic OH excluding ortho intramolecular Hbond substituents is 2. The van der Waals surface area contributed by atoms with Crippen molar-refractivity contribution in [3.63, 3.8) is 0 Å². The number of nitrogens with zero attached hydrogens (tertiary/aromatic N) is 2. The predicted octanol–water partition coefficient (Wildman–Crippen LogP) is 5.96. The number of rotatable bonds is 7. The van der Waals surface area contributed by atoms with E-state index in [2.05, 4.69) is 15.4 Å². The van der Waals surface area contributed by atoms with Crippen molar-refractivity contribution in [1.82, 2.24) is 15.4 Å². The fraction of sp³-hybridized carbons (Fsp3) is 0.267. The second-order valence-electron chi connectivity index (χ2n) is 9.49. The maximum absolute atomic E-state index is 14.6. The van der Waals surface area contributed by atoms with E-state index < -0.39 is 11.7 Å². The van der Waals surface area contributed by atoms with Crippen LogP contribution in [0.25, 0.3) is 33.6 Å². The first-order valence-corrected chi connectivity index (χ1v) is 12.9. The molecule has 5 rings (SSSR count). The van der Waals surface area contributed by atoms with Crippen molar-refractivity contribution < 1.29 is 23.9 Å². The van der Waals surface area contributed by atoms with Crippen molar-refractivity contribution >= 4 is 5.91 Å². The minimum atomic E-state index is -0.524. The summed E-state index contributed by atoms with van der Waals surface area (Å²) in [5.74, 6) is -1.37. The van der Waals surface area contributed by atoms with Crippen LogP contribution in [0.3, 0.4) is 0 Å². The van der Waals surface area contributed by atoms with E-state index in [0.717, 1.165) is 31.3 Å². The normalized spacial score (nSPS) is 13.9. The van der Waals surface area contributed by atoms with Crippen molar-refractivity contribution in [2.75, 3.05) is 19.6 Å². The zero-order valence-corrected chi connectivity index (χ0v) is 21.2. The summed E-state index contributed by atoms with van der Waals surface area (Å²) in [7, 11) is 0. The zero-order valence-electron chi connectivity index (χ0n) is 21.2. The number of aromatic nitrogens is 1. The molecule has 8 heteroatoms. The largest absolute Gasteiger partial charge is 0.507 e. The number of carbonyl (C=O) groups excluding carboxylic acids is 1. The molecule has 1 amide bonds. The summed E-state index contributed by atoms with van der Waals surface area (Å²) < 4.78 is 20.2. The molecule has 0 saturated carbocycles. The Balaban J connectivity index is 1.59. The van der Waals surface area contributed by atoms with Gasteiger partial charge in [-0.3, -0.25) is 9.69 Å². The Morgan fingerprint density at radius 1 is 0.974 bits per heavy atom. The van der Waals surface area contributed by atoms with Gasteiger partial charge in [0, 0.05) is 30.3 Å². The van der Waals surface area contributed by atoms with E-state index >= 15 is 0 Å². The van der Waals surface area contributed by atoms with E-state index in [0.29, 0.717) is 17.7 Å². The van der Waals surface area contributed by atoms with Gasteiger partial charge in [-0.05, 0) is 56.1 Å². The summed E-state index contributed by atoms with van der Waals surface area (Å²) in [6.07, 6.45) is 3.70. The van der Waals surface area contributed by atoms with Gasteiger partial charge < -0.3 is 20.1 Å². The molecule has 4 aromatic rings. The number of nitrogens with one attached hydrogen (secondary N) is 1. The molecule has 3 aromatic carbocycles. The lowest BCUT2D eigenvalue weighted by Gasteiger charge is -2.26. The maximum atomic E-state index is 14.6. The lowest BCUT2D eigenvalue weighted by Crippen LogP contribution is -2.29. The van der Waals surface area contributed by atoms with Crippen LogP contribution < -0.4 is 5.32 Å². The van der Waals surface area contributed by atoms with E-state index in [1.807, 2.05) is 24.3 Å². The molecule has 1 fully saturated rings. The van der Waals surface area contributed by atoms with Crippen LogP contribution in [0, 0.1) is 5.82 Å². The molecule has 1 aliphatic heterocycles. The molecule has 1 aliphatic rings. The second-order valence-corrected chi connectivity index (χ2v) is 9.49. The Morgan fingerprint density at radius 2 is 1.68 bits per heavy atom. The van der Waals surface area contributed by atoms with Crippen LogP contribution in [0.2, 0.25) is 0 Å². The predicted molar refractivity (Wildman–Crippen MR) is 143 cm³/mol. The zero-order chi connectivity index (χ0) is 26.6. The SMILES string of the molecule is CCNC(=O)c1noc(-c2cc(-c3ccccc3F)c(O)cc2O)c1-c1ccc(CN2CCCCC2)cc1. The second kappa shape index (κ2) is 11.1. The van der Waals surface area contributed by atoms with Gasteiger partial charge in [0.1, 0.15) is 17.3 Å². The summed E-state index contributed by atoms with van der Waals surface area (Å²) >= 11 is 0. The third-order valence-electron chi connectivity index (χ3n) is 6.86. The molecule has 196 valence electrons. The number of likely N-dealkylation sites (tertiary alicyclic amines) is 1. The number of phenols is 2. The summed E-state index contributed by atoms with van der Waals surface area (Å²) in [6.45, 7) is 5.23. The van der Waals surface area contributed by atoms with Gasteiger partial charge in [0.15, 0.2) is 11.5 Å². The summed E-state index contributed by atoms with van der Waals surface area (Å²) in [6, 6.07) is 16.5. The quantitative estimate of drug-likeness (QED) is 0.281. The van der Waals surface area contributed by atoms with E-state index in [1.165, 1.54) is 37.5 Å². The molecule has 0 radical (unpaired) electrons. The fourth-order valence-electron chi connectivity index (χ4n) is 4.95. The average Bonchev–Trinajstić information content (AvgIpc) is 3.36. The third kappa shape index (κ3) is 5.13. The first kappa shape index (κ1) is 25.5. The molecule has 0 unspecified atom stereocenters. The lowest BCUT2D eigenvalue weighted by molar-refractivity contribution is 0.0947. The van der Waals surface area contributed by atoms with Crippen LogP contribution in [0.1, 0.15) is 42.2 Å². The highest BCUT2D eigenvalue weighted by atomic mass is 19.1. The number of piperidine rings is 1. The van der Waals surface area contributed by atoms with Gasteiger partial charge in [0.05, 0.1) is 11.1 Å². The van der Waals surface area contributed by atoms with Gasteiger partial charge in [0.25, 0.3) is 5.91 Å². The van der Waals surface area contributed by atoms with Crippen molar-refractivity contribution in [3.8, 4) is 45.1 Å². The number of amides is 1. The molecule has 1 saturated heterocycles. The standard InChI is InChI=1S/C30H30FN3O4/c1-2-32-30(37)28-27(20-12-10-19(11-13-20)18-34-14-6-3-7-15-34)29(38-33-28)23-16-22(25(35)17-26(23)36)21-8-4-5-9-24(21)31/h4-5,8-13,16-17,35-36H,2-3,6-7,14-15,18H2,1H3,(H,32,37). The van der Waals surface area contributed by atoms with Gasteiger partial charge >= 0.3 is 0 Å². The molecule has 1 aromatic heterocycles. The Morgan fingerprint density at radius 3 is 2.39 bits per heavy atom. The molecule has 0 spiro atoms. The first-order chi connectivity index (χ1) is 18.5. The van der Waals surface area contributed by atoms with Crippen LogP contribution in [0.4, 0.5) is 4.39 Å². The van der Waals surface area contributed by atoms with E-state index in [1.54, 1.807) is 19.1 Å². The molecule has 7 nitrogen and oxygen atoms in total. The fourth-order valence-corrected chi connectivity index (χ4v) is 4.95. The number of aromatic hydroxyl groups is 2. The van der Waals surface area contributed by atoms with Crippen molar-refractivity contribution in [3.05, 3.63) is 77.7 Å². The van der Waals surface area contributed by atoms with Gasteiger partial charge in [0.2, 0.25) is 0 Å². The topological polar surface area (TPSA) is 98.8 Å². The Bertz CT molecular complexity index is 1440. The number of carbonyl (C=O) groups is 1. The highest BCUT2D eigenvalue weighted by molar-refractivity contribution is 6.03. The Kier molecular flexibility index (Phi) is 7.42. The van der Waals surface area contributed by atoms with Crippen LogP contribution >= 0.6 is 0 Å². The van der Waals surface area contributed by atoms with Gasteiger partial charge in [-0.1, -0.05) is 54.0 Å². The van der Waals surface area contributed by atoms with Crippen LogP contribution in [-0.4, -0.2) is 45.8 Å². The minimum absolute atomic E-state index is 0.0746. The lowest BCUT2D eigenvalue weighted by atomic mass is 9.94. The van der Waals surface area contributed by atoms with Gasteiger partial charge in [-0.15, -0.1) is 0 Å². The van der Waals surface area contributed by atoms with Gasteiger partial charge in [-0.2, -0.15) is 0 Å². The first-order valence-electron chi connectivity index (χ1n) is 12.9. The Hall–Kier alpha value is -4.17. The third-order valence-corrected chi connectivity index (χ3v) is 6.86. The van der Waals surface area contributed by atoms with Crippen LogP contribution in [-0.2, 0) is 6.54 Å². The van der Waals surface area contributed by atoms with Crippen molar-refractivity contribution in [1.29, 1.82) is 0 Å². The van der Waals surface area contributed by atoms with E-state index in [9.17, 15) is 19.4 Å². The number of benzene rings is 3. The highest BCUT2D eigenvalue weighted by Crippen LogP contribution is 2.44. The maximum Gasteiger partial charge on any atom is 0.274 e. The number of hydrogen-bond donors (Lipinski definition) is 3. The van der Waals surface area contributed by atoms with E-state index in [-0.39, 0.29) is 39.6 Å². The van der Waals surface area contributed by atoms with Crippen LogP contribution in [0.15, 0.2) is 65.2 Å². The van der Waals surface area contributed by atoms with Crippen molar-refractivity contribution in [2.45, 2.75) is 32.7 Å². The number of halogens is 1. The molecule has 38 heavy (non-hydrogen) atoms. The number of hydrogen-bond acceptors (Lipinski definition) is 6. The molecule has 0 atom stereocenters. The molecule has 0 aliphatic carbocycles. The molecule has 2 heterocycles. The Labute approximate surface area is 220 Å². The summed E-state index contributed by atoms with van der Waals surface area (Å²) in [5.41, 5.74) is 2.84. The molecule has 0 bridgehead atoms. The monoisotopic (exact) mass is 515 g/mol. The highest BCUT2D eigenvalue weighted by Gasteiger charge is 2.27. The minimum Gasteiger partial charge on any atom is -0.507 e. The molecular formula is C30H30FN3O4. The molecular weight excluding hydrogens is 485 g/mol. The van der Waals surface area contributed by atoms with Gasteiger partial charge in [-0.25, -0.2) is 4.39 Å². The van der Waals surface area contributed by atoms with E-state index in [4.69, 9.17) is 4.52 Å². The van der Waals surface area contributed by atoms with Crippen molar-refractivity contribution in [2.24, 2.45) is 0 Å². The summed E-state index contributed by atoms with van der Waals surface area (Å²) in [4.78, 5) is 15.3. The smallest absolute Gasteiger partial charge is 0.274 e. The van der Waals surface area contributed by atoms with Crippen LogP contribution in [0.5, 0.6) is 11.5 Å². The average molecular weight is 516 g/mol. The summed E-state index contributed by atoms with van der Waals surface area (Å²) in [5, 5.41) is 28.1.